The van der Waals surface area contributed by atoms with E-state index in [0.717, 1.165) is 5.69 Å². The first-order valence-corrected chi connectivity index (χ1v) is 11.1. The number of halogens is 1. The maximum absolute atomic E-state index is 13.7. The molecule has 34 heavy (non-hydrogen) atoms. The number of carbonyl (C=O) groups excluding carboxylic acids is 1. The number of aromatic nitrogens is 5. The Labute approximate surface area is 200 Å². The number of benzene rings is 2. The van der Waals surface area contributed by atoms with Crippen molar-refractivity contribution in [1.29, 1.82) is 0 Å². The number of carbonyl (C=O) groups is 1. The average molecular weight is 473 g/mol. The lowest BCUT2D eigenvalue weighted by atomic mass is 10.2. The number of anilines is 1. The van der Waals surface area contributed by atoms with Crippen molar-refractivity contribution in [3.63, 3.8) is 0 Å². The van der Waals surface area contributed by atoms with Gasteiger partial charge in [0.25, 0.3) is 5.56 Å². The Hall–Kier alpha value is -4.17. The molecule has 3 aromatic heterocycles. The van der Waals surface area contributed by atoms with Gasteiger partial charge in [0.2, 0.25) is 5.91 Å². The zero-order chi connectivity index (χ0) is 23.8. The van der Waals surface area contributed by atoms with E-state index in [9.17, 15) is 9.59 Å². The number of amides is 1. The van der Waals surface area contributed by atoms with E-state index in [1.807, 2.05) is 59.4 Å². The van der Waals surface area contributed by atoms with Crippen LogP contribution in [-0.4, -0.2) is 30.0 Å². The molecular weight excluding hydrogens is 452 g/mol. The standard InChI is InChI=1S/C25H21ClN6O2/c1-16-22-21(24(30-14-6-7-15-30)32(29-22)20-8-4-3-5-9-20)25(34)31(28-16)17(2)23(33)27-19-12-10-18(26)11-13-19/h3-15,17H,1-2H3,(H,27,33). The van der Waals surface area contributed by atoms with E-state index in [4.69, 9.17) is 16.7 Å². The Balaban J connectivity index is 1.66. The molecule has 0 saturated heterocycles. The monoisotopic (exact) mass is 472 g/mol. The van der Waals surface area contributed by atoms with E-state index >= 15 is 0 Å². The number of para-hydroxylation sites is 1. The van der Waals surface area contributed by atoms with Gasteiger partial charge in [0.15, 0.2) is 5.82 Å². The van der Waals surface area contributed by atoms with E-state index in [-0.39, 0.29) is 5.91 Å². The largest absolute Gasteiger partial charge is 0.324 e. The van der Waals surface area contributed by atoms with Crippen molar-refractivity contribution in [1.82, 2.24) is 24.1 Å². The molecule has 0 bridgehead atoms. The highest BCUT2D eigenvalue weighted by atomic mass is 35.5. The molecule has 0 aliphatic rings. The molecule has 1 N–H and O–H groups in total. The van der Waals surface area contributed by atoms with Gasteiger partial charge in [0.05, 0.1) is 11.4 Å². The molecule has 0 radical (unpaired) electrons. The number of fused-ring (bicyclic) bond motifs is 1. The van der Waals surface area contributed by atoms with Gasteiger partial charge in [-0.05, 0) is 62.4 Å². The van der Waals surface area contributed by atoms with E-state index < -0.39 is 11.6 Å². The topological polar surface area (TPSA) is 86.7 Å². The Bertz CT molecular complexity index is 1540. The number of aryl methyl sites for hydroxylation is 1. The van der Waals surface area contributed by atoms with Crippen LogP contribution in [0.5, 0.6) is 0 Å². The number of nitrogens with one attached hydrogen (secondary N) is 1. The van der Waals surface area contributed by atoms with Crippen molar-refractivity contribution < 1.29 is 4.79 Å². The third-order valence-electron chi connectivity index (χ3n) is 5.59. The van der Waals surface area contributed by atoms with Crippen LogP contribution in [0.3, 0.4) is 0 Å². The SMILES string of the molecule is Cc1nn(C(C)C(=O)Nc2ccc(Cl)cc2)c(=O)c2c(-n3cccc3)n(-c3ccccc3)nc12. The second-order valence-electron chi connectivity index (χ2n) is 7.89. The second kappa shape index (κ2) is 8.64. The van der Waals surface area contributed by atoms with Crippen LogP contribution in [0.2, 0.25) is 5.02 Å². The Morgan fingerprint density at radius 1 is 0.971 bits per heavy atom. The highest BCUT2D eigenvalue weighted by Crippen LogP contribution is 2.25. The molecule has 1 amide bonds. The summed E-state index contributed by atoms with van der Waals surface area (Å²) in [6, 6.07) is 19.2. The second-order valence-corrected chi connectivity index (χ2v) is 8.33. The summed E-state index contributed by atoms with van der Waals surface area (Å²) >= 11 is 5.93. The molecule has 5 aromatic rings. The molecule has 8 nitrogen and oxygen atoms in total. The predicted octanol–water partition coefficient (Wildman–Crippen LogP) is 4.53. The van der Waals surface area contributed by atoms with Crippen molar-refractivity contribution in [2.45, 2.75) is 19.9 Å². The fourth-order valence-corrected chi connectivity index (χ4v) is 3.97. The van der Waals surface area contributed by atoms with E-state index in [1.54, 1.807) is 42.8 Å². The molecule has 1 unspecified atom stereocenters. The van der Waals surface area contributed by atoms with E-state index in [1.165, 1.54) is 4.68 Å². The van der Waals surface area contributed by atoms with Gasteiger partial charge in [-0.25, -0.2) is 9.36 Å². The first kappa shape index (κ1) is 21.7. The van der Waals surface area contributed by atoms with Crippen molar-refractivity contribution in [3.8, 4) is 11.5 Å². The Morgan fingerprint density at radius 3 is 2.32 bits per heavy atom. The summed E-state index contributed by atoms with van der Waals surface area (Å²) in [5.41, 5.74) is 2.02. The zero-order valence-corrected chi connectivity index (χ0v) is 19.3. The number of hydrogen-bond donors (Lipinski definition) is 1. The summed E-state index contributed by atoms with van der Waals surface area (Å²) in [5.74, 6) is 0.217. The molecule has 0 fully saturated rings. The maximum atomic E-state index is 13.7. The molecule has 0 spiro atoms. The summed E-state index contributed by atoms with van der Waals surface area (Å²) in [5, 5.41) is 12.9. The summed E-state index contributed by atoms with van der Waals surface area (Å²) in [4.78, 5) is 26.7. The van der Waals surface area contributed by atoms with Gasteiger partial charge in [-0.2, -0.15) is 10.2 Å². The highest BCUT2D eigenvalue weighted by Gasteiger charge is 2.25. The lowest BCUT2D eigenvalue weighted by Gasteiger charge is -2.15. The van der Waals surface area contributed by atoms with Crippen LogP contribution in [0.15, 0.2) is 83.9 Å². The number of nitrogens with zero attached hydrogens (tertiary/aromatic N) is 5. The van der Waals surface area contributed by atoms with Gasteiger partial charge in [0, 0.05) is 23.1 Å². The van der Waals surface area contributed by atoms with Crippen LogP contribution in [0.25, 0.3) is 22.4 Å². The van der Waals surface area contributed by atoms with Crippen molar-refractivity contribution >= 4 is 34.1 Å². The van der Waals surface area contributed by atoms with E-state index in [2.05, 4.69) is 10.4 Å². The van der Waals surface area contributed by atoms with Gasteiger partial charge in [-0.15, -0.1) is 0 Å². The minimum Gasteiger partial charge on any atom is -0.324 e. The number of rotatable bonds is 5. The summed E-state index contributed by atoms with van der Waals surface area (Å²) < 4.78 is 4.78. The van der Waals surface area contributed by atoms with E-state index in [0.29, 0.717) is 33.1 Å². The van der Waals surface area contributed by atoms with Crippen LogP contribution in [0.1, 0.15) is 18.7 Å². The molecule has 0 aliphatic heterocycles. The fourth-order valence-electron chi connectivity index (χ4n) is 3.85. The van der Waals surface area contributed by atoms with Crippen molar-refractivity contribution in [2.75, 3.05) is 5.32 Å². The highest BCUT2D eigenvalue weighted by molar-refractivity contribution is 6.30. The Kier molecular flexibility index (Phi) is 5.51. The molecule has 0 saturated carbocycles. The van der Waals surface area contributed by atoms with Gasteiger partial charge in [-0.1, -0.05) is 29.8 Å². The summed E-state index contributed by atoms with van der Waals surface area (Å²) in [6.07, 6.45) is 3.71. The molecular formula is C25H21ClN6O2. The molecule has 0 aliphatic carbocycles. The first-order chi connectivity index (χ1) is 16.4. The van der Waals surface area contributed by atoms with Gasteiger partial charge in [0.1, 0.15) is 16.9 Å². The fraction of sp³-hybridized carbons (Fsp3) is 0.120. The van der Waals surface area contributed by atoms with Crippen LogP contribution in [0, 0.1) is 6.92 Å². The number of hydrogen-bond acceptors (Lipinski definition) is 4. The smallest absolute Gasteiger partial charge is 0.280 e. The summed E-state index contributed by atoms with van der Waals surface area (Å²) in [7, 11) is 0. The van der Waals surface area contributed by atoms with Crippen LogP contribution in [0.4, 0.5) is 5.69 Å². The molecule has 1 atom stereocenters. The minimum absolute atomic E-state index is 0.367. The lowest BCUT2D eigenvalue weighted by Crippen LogP contribution is -2.34. The van der Waals surface area contributed by atoms with Crippen LogP contribution in [-0.2, 0) is 4.79 Å². The van der Waals surface area contributed by atoms with Crippen molar-refractivity contribution in [2.24, 2.45) is 0 Å². The molecule has 3 heterocycles. The average Bonchev–Trinajstić information content (AvgIpc) is 3.51. The Morgan fingerprint density at radius 2 is 1.65 bits per heavy atom. The van der Waals surface area contributed by atoms with Crippen LogP contribution < -0.4 is 10.9 Å². The van der Waals surface area contributed by atoms with Crippen molar-refractivity contribution in [3.05, 3.63) is 100 Å². The molecule has 2 aromatic carbocycles. The lowest BCUT2D eigenvalue weighted by molar-refractivity contribution is -0.119. The molecule has 5 rings (SSSR count). The normalized spacial score (nSPS) is 12.1. The zero-order valence-electron chi connectivity index (χ0n) is 18.5. The molecule has 170 valence electrons. The first-order valence-electron chi connectivity index (χ1n) is 10.7. The maximum Gasteiger partial charge on any atom is 0.280 e. The third kappa shape index (κ3) is 3.78. The quantitative estimate of drug-likeness (QED) is 0.407. The van der Waals surface area contributed by atoms with Crippen LogP contribution >= 0.6 is 11.6 Å². The summed E-state index contributed by atoms with van der Waals surface area (Å²) in [6.45, 7) is 3.42. The van der Waals surface area contributed by atoms with Gasteiger partial charge in [-0.3, -0.25) is 9.59 Å². The molecule has 9 heteroatoms. The van der Waals surface area contributed by atoms with Gasteiger partial charge < -0.3 is 9.88 Å². The minimum atomic E-state index is -0.858. The predicted molar refractivity (Wildman–Crippen MR) is 132 cm³/mol. The third-order valence-corrected chi connectivity index (χ3v) is 5.84. The van der Waals surface area contributed by atoms with Gasteiger partial charge >= 0.3 is 0 Å².